The number of aromatic nitrogens is 4. The van der Waals surface area contributed by atoms with Crippen LogP contribution in [0.1, 0.15) is 19.4 Å². The number of nitrogens with zero attached hydrogens (tertiary/aromatic N) is 4. The quantitative estimate of drug-likeness (QED) is 0.469. The first kappa shape index (κ1) is 23.1. The second-order valence-electron chi connectivity index (χ2n) is 7.08. The first-order valence-corrected chi connectivity index (χ1v) is 10.6. The molecule has 11 heteroatoms. The van der Waals surface area contributed by atoms with Gasteiger partial charge >= 0.3 is 6.18 Å². The molecular formula is C20H19ClF3N5OS. The Kier molecular flexibility index (Phi) is 7.22. The number of amides is 1. The van der Waals surface area contributed by atoms with E-state index in [9.17, 15) is 18.0 Å². The van der Waals surface area contributed by atoms with Crippen LogP contribution in [-0.4, -0.2) is 31.4 Å². The highest BCUT2D eigenvalue weighted by molar-refractivity contribution is 7.99. The molecule has 0 bridgehead atoms. The largest absolute Gasteiger partial charge is 0.416 e. The van der Waals surface area contributed by atoms with E-state index >= 15 is 0 Å². The molecule has 6 nitrogen and oxygen atoms in total. The molecule has 2 aromatic heterocycles. The molecule has 0 aliphatic heterocycles. The lowest BCUT2D eigenvalue weighted by Crippen LogP contribution is -2.16. The minimum absolute atomic E-state index is 0.0225. The number of pyridine rings is 1. The predicted molar refractivity (Wildman–Crippen MR) is 114 cm³/mol. The SMILES string of the molecule is CC(C)Cn1c(SCC(=O)Nc2cc(C(F)(F)F)ccc2Cl)nnc1-c1ccncc1. The molecule has 1 N–H and O–H groups in total. The van der Waals surface area contributed by atoms with Crippen LogP contribution in [0.2, 0.25) is 5.02 Å². The molecule has 0 aliphatic carbocycles. The van der Waals surface area contributed by atoms with Crippen LogP contribution >= 0.6 is 23.4 Å². The van der Waals surface area contributed by atoms with Gasteiger partial charge in [0.15, 0.2) is 11.0 Å². The Balaban J connectivity index is 1.74. The molecule has 164 valence electrons. The van der Waals surface area contributed by atoms with Crippen LogP contribution in [0.25, 0.3) is 11.4 Å². The van der Waals surface area contributed by atoms with Crippen molar-refractivity contribution in [2.45, 2.75) is 31.7 Å². The molecule has 2 heterocycles. The summed E-state index contributed by atoms with van der Waals surface area (Å²) in [6.45, 7) is 4.73. The maximum Gasteiger partial charge on any atom is 0.416 e. The molecule has 3 rings (SSSR count). The number of hydrogen-bond acceptors (Lipinski definition) is 5. The number of rotatable bonds is 7. The maximum absolute atomic E-state index is 12.9. The van der Waals surface area contributed by atoms with Gasteiger partial charge in [0, 0.05) is 24.5 Å². The summed E-state index contributed by atoms with van der Waals surface area (Å²) in [4.78, 5) is 16.4. The van der Waals surface area contributed by atoms with Crippen LogP contribution < -0.4 is 5.32 Å². The van der Waals surface area contributed by atoms with E-state index in [0.29, 0.717) is 23.4 Å². The Morgan fingerprint density at radius 2 is 1.90 bits per heavy atom. The zero-order valence-electron chi connectivity index (χ0n) is 16.7. The summed E-state index contributed by atoms with van der Waals surface area (Å²) in [7, 11) is 0. The minimum Gasteiger partial charge on any atom is -0.324 e. The van der Waals surface area contributed by atoms with E-state index in [2.05, 4.69) is 20.5 Å². The zero-order valence-corrected chi connectivity index (χ0v) is 18.2. The summed E-state index contributed by atoms with van der Waals surface area (Å²) in [5.74, 6) is 0.378. The third-order valence-electron chi connectivity index (χ3n) is 4.10. The molecule has 0 saturated heterocycles. The van der Waals surface area contributed by atoms with Gasteiger partial charge in [-0.2, -0.15) is 13.2 Å². The van der Waals surface area contributed by atoms with Gasteiger partial charge in [0.05, 0.1) is 22.0 Å². The van der Waals surface area contributed by atoms with Crippen LogP contribution in [0.4, 0.5) is 18.9 Å². The molecule has 0 unspecified atom stereocenters. The van der Waals surface area contributed by atoms with E-state index < -0.39 is 17.6 Å². The highest BCUT2D eigenvalue weighted by atomic mass is 35.5. The summed E-state index contributed by atoms with van der Waals surface area (Å²) in [5, 5.41) is 11.4. The van der Waals surface area contributed by atoms with Crippen LogP contribution in [0, 0.1) is 5.92 Å². The fraction of sp³-hybridized carbons (Fsp3) is 0.300. The monoisotopic (exact) mass is 469 g/mol. The van der Waals surface area contributed by atoms with Crippen molar-refractivity contribution in [3.05, 3.63) is 53.3 Å². The van der Waals surface area contributed by atoms with Crippen molar-refractivity contribution in [2.24, 2.45) is 5.92 Å². The second kappa shape index (κ2) is 9.69. The number of thioether (sulfide) groups is 1. The molecule has 0 spiro atoms. The number of carbonyl (C=O) groups is 1. The molecule has 31 heavy (non-hydrogen) atoms. The predicted octanol–water partition coefficient (Wildman–Crippen LogP) is 5.40. The molecule has 0 saturated carbocycles. The zero-order chi connectivity index (χ0) is 22.6. The average molecular weight is 470 g/mol. The first-order valence-electron chi connectivity index (χ1n) is 9.28. The van der Waals surface area contributed by atoms with Crippen LogP contribution in [0.15, 0.2) is 47.9 Å². The Bertz CT molecular complexity index is 1060. The van der Waals surface area contributed by atoms with E-state index in [0.717, 1.165) is 35.5 Å². The van der Waals surface area contributed by atoms with Gasteiger partial charge in [-0.25, -0.2) is 0 Å². The van der Waals surface area contributed by atoms with Gasteiger partial charge in [0.1, 0.15) is 0 Å². The minimum atomic E-state index is -4.53. The lowest BCUT2D eigenvalue weighted by molar-refractivity contribution is -0.137. The highest BCUT2D eigenvalue weighted by Gasteiger charge is 2.31. The number of halogens is 4. The van der Waals surface area contributed by atoms with E-state index in [-0.39, 0.29) is 16.5 Å². The number of hydrogen-bond donors (Lipinski definition) is 1. The van der Waals surface area contributed by atoms with Crippen molar-refractivity contribution in [1.29, 1.82) is 0 Å². The number of alkyl halides is 3. The molecule has 0 aliphatic rings. The third kappa shape index (κ3) is 5.98. The molecule has 0 radical (unpaired) electrons. The highest BCUT2D eigenvalue weighted by Crippen LogP contribution is 2.34. The van der Waals surface area contributed by atoms with Crippen molar-refractivity contribution in [1.82, 2.24) is 19.7 Å². The molecule has 1 amide bonds. The van der Waals surface area contributed by atoms with Crippen LogP contribution in [0.3, 0.4) is 0 Å². The van der Waals surface area contributed by atoms with E-state index in [1.807, 2.05) is 30.5 Å². The smallest absolute Gasteiger partial charge is 0.324 e. The van der Waals surface area contributed by atoms with Gasteiger partial charge in [-0.15, -0.1) is 10.2 Å². The van der Waals surface area contributed by atoms with Gasteiger partial charge in [0.2, 0.25) is 5.91 Å². The summed E-state index contributed by atoms with van der Waals surface area (Å²) in [6.07, 6.45) is -1.22. The fourth-order valence-electron chi connectivity index (χ4n) is 2.75. The fourth-order valence-corrected chi connectivity index (χ4v) is 3.67. The average Bonchev–Trinajstić information content (AvgIpc) is 3.09. The number of carbonyl (C=O) groups excluding carboxylic acids is 1. The Morgan fingerprint density at radius 1 is 1.19 bits per heavy atom. The Morgan fingerprint density at radius 3 is 2.55 bits per heavy atom. The van der Waals surface area contributed by atoms with E-state index in [1.54, 1.807) is 12.4 Å². The van der Waals surface area contributed by atoms with Crippen molar-refractivity contribution in [2.75, 3.05) is 11.1 Å². The lowest BCUT2D eigenvalue weighted by atomic mass is 10.2. The van der Waals surface area contributed by atoms with E-state index in [4.69, 9.17) is 11.6 Å². The number of anilines is 1. The van der Waals surface area contributed by atoms with Gasteiger partial charge in [0.25, 0.3) is 0 Å². The number of nitrogens with one attached hydrogen (secondary N) is 1. The molecule has 1 aromatic carbocycles. The number of benzene rings is 1. The van der Waals surface area contributed by atoms with Crippen LogP contribution in [0.5, 0.6) is 0 Å². The van der Waals surface area contributed by atoms with Crippen molar-refractivity contribution < 1.29 is 18.0 Å². The van der Waals surface area contributed by atoms with Crippen molar-refractivity contribution in [3.63, 3.8) is 0 Å². The second-order valence-corrected chi connectivity index (χ2v) is 8.43. The summed E-state index contributed by atoms with van der Waals surface area (Å²) in [5.41, 5.74) is -0.142. The molecular weight excluding hydrogens is 451 g/mol. The maximum atomic E-state index is 12.9. The summed E-state index contributed by atoms with van der Waals surface area (Å²) in [6, 6.07) is 6.41. The first-order chi connectivity index (χ1) is 14.6. The van der Waals surface area contributed by atoms with Crippen molar-refractivity contribution in [3.8, 4) is 11.4 Å². The lowest BCUT2D eigenvalue weighted by Gasteiger charge is -2.13. The topological polar surface area (TPSA) is 72.7 Å². The van der Waals surface area contributed by atoms with Crippen molar-refractivity contribution >= 4 is 35.0 Å². The van der Waals surface area contributed by atoms with Gasteiger partial charge < -0.3 is 9.88 Å². The van der Waals surface area contributed by atoms with Gasteiger partial charge in [-0.3, -0.25) is 9.78 Å². The molecule has 3 aromatic rings. The standard InChI is InChI=1S/C20H19ClF3N5OS/c1-12(2)10-29-18(13-5-7-25-8-6-13)27-28-19(29)31-11-17(30)26-16-9-14(20(22,23)24)3-4-15(16)21/h3-9,12H,10-11H2,1-2H3,(H,26,30). The summed E-state index contributed by atoms with van der Waals surface area (Å²) >= 11 is 7.08. The molecule has 0 fully saturated rings. The normalized spacial score (nSPS) is 11.7. The third-order valence-corrected chi connectivity index (χ3v) is 5.40. The van der Waals surface area contributed by atoms with Gasteiger partial charge in [-0.1, -0.05) is 37.2 Å². The Labute approximate surface area is 186 Å². The Hall–Kier alpha value is -2.59. The summed E-state index contributed by atoms with van der Waals surface area (Å²) < 4.78 is 40.7. The molecule has 0 atom stereocenters. The van der Waals surface area contributed by atoms with Crippen LogP contribution in [-0.2, 0) is 17.5 Å². The van der Waals surface area contributed by atoms with Gasteiger partial charge in [-0.05, 0) is 36.2 Å². The van der Waals surface area contributed by atoms with E-state index in [1.165, 1.54) is 0 Å².